The van der Waals surface area contributed by atoms with Crippen LogP contribution in [0.25, 0.3) is 11.1 Å². The van der Waals surface area contributed by atoms with Crippen LogP contribution >= 0.6 is 0 Å². The van der Waals surface area contributed by atoms with Crippen molar-refractivity contribution in [2.45, 2.75) is 13.3 Å². The highest BCUT2D eigenvalue weighted by molar-refractivity contribution is 6.00. The molecule has 2 rings (SSSR count). The third kappa shape index (κ3) is 2.77. The lowest BCUT2D eigenvalue weighted by Crippen LogP contribution is -2.24. The first-order valence-electron chi connectivity index (χ1n) is 6.25. The molecule has 1 amide bonds. The van der Waals surface area contributed by atoms with Crippen LogP contribution in [0.3, 0.4) is 0 Å². The average molecular weight is 239 g/mol. The van der Waals surface area contributed by atoms with Gasteiger partial charge in [0.15, 0.2) is 0 Å². The van der Waals surface area contributed by atoms with Crippen LogP contribution in [0.4, 0.5) is 0 Å². The molecule has 1 N–H and O–H groups in total. The molecule has 92 valence electrons. The number of amides is 1. The normalized spacial score (nSPS) is 10.1. The summed E-state index contributed by atoms with van der Waals surface area (Å²) < 4.78 is 0. The van der Waals surface area contributed by atoms with Crippen LogP contribution in [0.5, 0.6) is 0 Å². The van der Waals surface area contributed by atoms with E-state index in [1.807, 2.05) is 61.5 Å². The molecule has 0 atom stereocenters. The number of carbonyl (C=O) groups is 1. The Hall–Kier alpha value is -2.09. The largest absolute Gasteiger partial charge is 0.352 e. The number of benzene rings is 2. The van der Waals surface area contributed by atoms with E-state index in [1.54, 1.807) is 0 Å². The van der Waals surface area contributed by atoms with Crippen LogP contribution in [0, 0.1) is 0 Å². The minimum atomic E-state index is -0.00342. The summed E-state index contributed by atoms with van der Waals surface area (Å²) in [4.78, 5) is 12.1. The lowest BCUT2D eigenvalue weighted by Gasteiger charge is -2.09. The van der Waals surface area contributed by atoms with Crippen molar-refractivity contribution >= 4 is 5.91 Å². The molecule has 0 saturated carbocycles. The summed E-state index contributed by atoms with van der Waals surface area (Å²) in [6.45, 7) is 2.76. The molecule has 0 aliphatic rings. The van der Waals surface area contributed by atoms with Gasteiger partial charge in [0.05, 0.1) is 0 Å². The number of carbonyl (C=O) groups excluding carboxylic acids is 1. The van der Waals surface area contributed by atoms with Crippen LogP contribution in [-0.2, 0) is 0 Å². The second-order valence-electron chi connectivity index (χ2n) is 4.17. The zero-order chi connectivity index (χ0) is 12.8. The molecule has 0 fully saturated rings. The van der Waals surface area contributed by atoms with Gasteiger partial charge in [0.25, 0.3) is 5.91 Å². The van der Waals surface area contributed by atoms with E-state index in [-0.39, 0.29) is 5.91 Å². The van der Waals surface area contributed by atoms with E-state index in [0.717, 1.165) is 23.1 Å². The van der Waals surface area contributed by atoms with Crippen LogP contribution in [0.15, 0.2) is 54.6 Å². The first kappa shape index (κ1) is 12.4. The molecule has 0 bridgehead atoms. The Morgan fingerprint density at radius 2 is 1.67 bits per heavy atom. The molecule has 0 aliphatic carbocycles. The van der Waals surface area contributed by atoms with E-state index in [1.165, 1.54) is 0 Å². The molecule has 2 aromatic rings. The quantitative estimate of drug-likeness (QED) is 0.869. The van der Waals surface area contributed by atoms with Crippen LogP contribution in [0.1, 0.15) is 23.7 Å². The molecule has 0 spiro atoms. The Bertz CT molecular complexity index is 520. The molecule has 2 heteroatoms. The fraction of sp³-hybridized carbons (Fsp3) is 0.188. The molecule has 2 aromatic carbocycles. The van der Waals surface area contributed by atoms with Gasteiger partial charge in [0.1, 0.15) is 0 Å². The third-order valence-electron chi connectivity index (χ3n) is 2.79. The summed E-state index contributed by atoms with van der Waals surface area (Å²) in [6, 6.07) is 17.7. The highest BCUT2D eigenvalue weighted by atomic mass is 16.1. The maximum atomic E-state index is 12.1. The van der Waals surface area contributed by atoms with Crippen molar-refractivity contribution in [2.24, 2.45) is 0 Å². The molecule has 0 radical (unpaired) electrons. The summed E-state index contributed by atoms with van der Waals surface area (Å²) in [7, 11) is 0. The highest BCUT2D eigenvalue weighted by Crippen LogP contribution is 2.23. The van der Waals surface area contributed by atoms with Gasteiger partial charge in [-0.25, -0.2) is 0 Å². The Labute approximate surface area is 108 Å². The number of nitrogens with one attached hydrogen (secondary N) is 1. The van der Waals surface area contributed by atoms with Gasteiger partial charge >= 0.3 is 0 Å². The van der Waals surface area contributed by atoms with E-state index >= 15 is 0 Å². The molecule has 0 aliphatic heterocycles. The monoisotopic (exact) mass is 239 g/mol. The van der Waals surface area contributed by atoms with Gasteiger partial charge in [-0.2, -0.15) is 0 Å². The second-order valence-corrected chi connectivity index (χ2v) is 4.17. The first-order chi connectivity index (χ1) is 8.83. The Balaban J connectivity index is 2.34. The molecule has 0 saturated heterocycles. The van der Waals surface area contributed by atoms with Crippen LogP contribution in [-0.4, -0.2) is 12.5 Å². The second kappa shape index (κ2) is 6.01. The first-order valence-corrected chi connectivity index (χ1v) is 6.25. The summed E-state index contributed by atoms with van der Waals surface area (Å²) in [6.07, 6.45) is 0.944. The van der Waals surface area contributed by atoms with E-state index in [0.29, 0.717) is 6.54 Å². The summed E-state index contributed by atoms with van der Waals surface area (Å²) in [5.74, 6) is -0.00342. The predicted molar refractivity (Wildman–Crippen MR) is 74.5 cm³/mol. The van der Waals surface area contributed by atoms with E-state index in [9.17, 15) is 4.79 Å². The Morgan fingerprint density at radius 3 is 2.39 bits per heavy atom. The number of rotatable bonds is 4. The van der Waals surface area contributed by atoms with Crippen molar-refractivity contribution in [1.29, 1.82) is 0 Å². The van der Waals surface area contributed by atoms with Crippen LogP contribution in [0.2, 0.25) is 0 Å². The van der Waals surface area contributed by atoms with Crippen molar-refractivity contribution in [2.75, 3.05) is 6.54 Å². The molecule has 2 nitrogen and oxygen atoms in total. The van der Waals surface area contributed by atoms with Crippen molar-refractivity contribution in [3.8, 4) is 11.1 Å². The smallest absolute Gasteiger partial charge is 0.251 e. The van der Waals surface area contributed by atoms with E-state index in [4.69, 9.17) is 0 Å². The molecule has 0 unspecified atom stereocenters. The minimum absolute atomic E-state index is 0.00342. The summed E-state index contributed by atoms with van der Waals surface area (Å²) in [5.41, 5.74) is 2.78. The Kier molecular flexibility index (Phi) is 4.13. The van der Waals surface area contributed by atoms with Crippen molar-refractivity contribution in [1.82, 2.24) is 5.32 Å². The fourth-order valence-electron chi connectivity index (χ4n) is 1.88. The van der Waals surface area contributed by atoms with Gasteiger partial charge in [-0.15, -0.1) is 0 Å². The zero-order valence-electron chi connectivity index (χ0n) is 10.5. The maximum Gasteiger partial charge on any atom is 0.251 e. The SMILES string of the molecule is CCCNC(=O)c1ccccc1-c1ccccc1. The molecular weight excluding hydrogens is 222 g/mol. The van der Waals surface area contributed by atoms with Gasteiger partial charge in [-0.1, -0.05) is 55.5 Å². The topological polar surface area (TPSA) is 29.1 Å². The van der Waals surface area contributed by atoms with E-state index < -0.39 is 0 Å². The van der Waals surface area contributed by atoms with Crippen molar-refractivity contribution < 1.29 is 4.79 Å². The Morgan fingerprint density at radius 1 is 1.00 bits per heavy atom. The van der Waals surface area contributed by atoms with Gasteiger partial charge in [-0.3, -0.25) is 4.79 Å². The molecule has 0 aromatic heterocycles. The van der Waals surface area contributed by atoms with Crippen LogP contribution < -0.4 is 5.32 Å². The predicted octanol–water partition coefficient (Wildman–Crippen LogP) is 3.49. The van der Waals surface area contributed by atoms with Gasteiger partial charge in [0, 0.05) is 12.1 Å². The minimum Gasteiger partial charge on any atom is -0.352 e. The highest BCUT2D eigenvalue weighted by Gasteiger charge is 2.10. The lowest BCUT2D eigenvalue weighted by molar-refractivity contribution is 0.0954. The summed E-state index contributed by atoms with van der Waals surface area (Å²) >= 11 is 0. The summed E-state index contributed by atoms with van der Waals surface area (Å²) in [5, 5.41) is 2.92. The van der Waals surface area contributed by atoms with Gasteiger partial charge in [-0.05, 0) is 23.6 Å². The standard InChI is InChI=1S/C16H17NO/c1-2-12-17-16(18)15-11-7-6-10-14(15)13-8-4-3-5-9-13/h3-11H,2,12H2,1H3,(H,17,18). The third-order valence-corrected chi connectivity index (χ3v) is 2.79. The maximum absolute atomic E-state index is 12.1. The average Bonchev–Trinajstić information content (AvgIpc) is 2.45. The van der Waals surface area contributed by atoms with Crippen molar-refractivity contribution in [3.05, 3.63) is 60.2 Å². The number of hydrogen-bond acceptors (Lipinski definition) is 1. The van der Waals surface area contributed by atoms with Gasteiger partial charge < -0.3 is 5.32 Å². The van der Waals surface area contributed by atoms with Gasteiger partial charge in [0.2, 0.25) is 0 Å². The van der Waals surface area contributed by atoms with E-state index in [2.05, 4.69) is 5.32 Å². The zero-order valence-corrected chi connectivity index (χ0v) is 10.5. The molecule has 0 heterocycles. The fourth-order valence-corrected chi connectivity index (χ4v) is 1.88. The van der Waals surface area contributed by atoms with Crippen molar-refractivity contribution in [3.63, 3.8) is 0 Å². The molecule has 18 heavy (non-hydrogen) atoms. The lowest BCUT2D eigenvalue weighted by atomic mass is 9.99. The molecular formula is C16H17NO. The number of hydrogen-bond donors (Lipinski definition) is 1.